The summed E-state index contributed by atoms with van der Waals surface area (Å²) in [5, 5.41) is 0. The number of piperidine rings is 1. The second-order valence-corrected chi connectivity index (χ2v) is 6.95. The van der Waals surface area contributed by atoms with Gasteiger partial charge in [0.1, 0.15) is 5.54 Å². The van der Waals surface area contributed by atoms with Gasteiger partial charge in [0.2, 0.25) is 0 Å². The van der Waals surface area contributed by atoms with Crippen LogP contribution in [0.2, 0.25) is 0 Å². The number of rotatable bonds is 5. The van der Waals surface area contributed by atoms with Crippen molar-refractivity contribution in [3.05, 3.63) is 0 Å². The average Bonchev–Trinajstić information content (AvgIpc) is 2.87. The first-order chi connectivity index (χ1) is 9.97. The van der Waals surface area contributed by atoms with Crippen LogP contribution in [0.15, 0.2) is 0 Å². The molecule has 122 valence electrons. The molecule has 2 unspecified atom stereocenters. The predicted molar refractivity (Wildman–Crippen MR) is 84.0 cm³/mol. The summed E-state index contributed by atoms with van der Waals surface area (Å²) in [4.78, 5) is 16.8. The van der Waals surface area contributed by atoms with Crippen molar-refractivity contribution in [2.24, 2.45) is 11.7 Å². The highest BCUT2D eigenvalue weighted by atomic mass is 16.5. The summed E-state index contributed by atoms with van der Waals surface area (Å²) >= 11 is 0. The van der Waals surface area contributed by atoms with Gasteiger partial charge in [-0.15, -0.1) is 0 Å². The van der Waals surface area contributed by atoms with E-state index in [1.54, 1.807) is 0 Å². The smallest absolute Gasteiger partial charge is 0.326 e. The highest BCUT2D eigenvalue weighted by Crippen LogP contribution is 2.37. The van der Waals surface area contributed by atoms with Gasteiger partial charge in [-0.05, 0) is 71.8 Å². The quantitative estimate of drug-likeness (QED) is 0.769. The van der Waals surface area contributed by atoms with E-state index in [4.69, 9.17) is 10.5 Å². The van der Waals surface area contributed by atoms with Crippen molar-refractivity contribution >= 4 is 5.97 Å². The van der Waals surface area contributed by atoms with E-state index in [0.717, 1.165) is 51.4 Å². The fraction of sp³-hybridized carbons (Fsp3) is 0.938. The highest BCUT2D eigenvalue weighted by Gasteiger charge is 2.46. The van der Waals surface area contributed by atoms with Crippen LogP contribution in [0.1, 0.15) is 38.5 Å². The number of methoxy groups -OCH3 is 1. The third-order valence-corrected chi connectivity index (χ3v) is 5.52. The van der Waals surface area contributed by atoms with E-state index in [-0.39, 0.29) is 11.9 Å². The number of esters is 1. The van der Waals surface area contributed by atoms with Crippen molar-refractivity contribution in [2.45, 2.75) is 50.1 Å². The average molecular weight is 297 g/mol. The van der Waals surface area contributed by atoms with Gasteiger partial charge in [0.15, 0.2) is 0 Å². The second kappa shape index (κ2) is 7.07. The van der Waals surface area contributed by atoms with Crippen molar-refractivity contribution in [1.29, 1.82) is 0 Å². The molecule has 2 N–H and O–H groups in total. The van der Waals surface area contributed by atoms with Crippen LogP contribution in [0.5, 0.6) is 0 Å². The minimum absolute atomic E-state index is 0.226. The van der Waals surface area contributed by atoms with Crippen molar-refractivity contribution in [3.63, 3.8) is 0 Å². The Hall–Kier alpha value is -0.650. The number of nitrogens with zero attached hydrogens (tertiary/aromatic N) is 2. The molecule has 5 nitrogen and oxygen atoms in total. The molecule has 1 heterocycles. The van der Waals surface area contributed by atoms with Crippen molar-refractivity contribution in [3.8, 4) is 0 Å². The van der Waals surface area contributed by atoms with Gasteiger partial charge in [-0.3, -0.25) is 4.79 Å². The lowest BCUT2D eigenvalue weighted by molar-refractivity contribution is -0.148. The Morgan fingerprint density at radius 2 is 2.00 bits per heavy atom. The molecule has 1 saturated heterocycles. The summed E-state index contributed by atoms with van der Waals surface area (Å²) in [7, 11) is 5.77. The highest BCUT2D eigenvalue weighted by molar-refractivity contribution is 5.81. The molecule has 1 saturated carbocycles. The molecule has 0 amide bonds. The van der Waals surface area contributed by atoms with E-state index in [2.05, 4.69) is 23.9 Å². The number of nitrogens with two attached hydrogens (primary N) is 1. The van der Waals surface area contributed by atoms with Crippen LogP contribution in [-0.2, 0) is 9.53 Å². The minimum atomic E-state index is -0.739. The molecule has 2 rings (SSSR count). The Morgan fingerprint density at radius 1 is 1.33 bits per heavy atom. The number of carbonyl (C=O) groups is 1. The first-order valence-electron chi connectivity index (χ1n) is 8.23. The molecule has 5 heteroatoms. The third-order valence-electron chi connectivity index (χ3n) is 5.52. The number of likely N-dealkylation sites (tertiary alicyclic amines) is 1. The van der Waals surface area contributed by atoms with E-state index in [1.807, 2.05) is 0 Å². The van der Waals surface area contributed by atoms with Crippen molar-refractivity contribution in [2.75, 3.05) is 40.8 Å². The van der Waals surface area contributed by atoms with E-state index in [0.29, 0.717) is 0 Å². The van der Waals surface area contributed by atoms with Gasteiger partial charge in [-0.1, -0.05) is 6.42 Å². The van der Waals surface area contributed by atoms with Crippen molar-refractivity contribution < 1.29 is 9.53 Å². The zero-order valence-corrected chi connectivity index (χ0v) is 13.8. The first-order valence-corrected chi connectivity index (χ1v) is 8.23. The van der Waals surface area contributed by atoms with Crippen LogP contribution in [0, 0.1) is 5.92 Å². The van der Waals surface area contributed by atoms with Gasteiger partial charge >= 0.3 is 5.97 Å². The Morgan fingerprint density at radius 3 is 2.57 bits per heavy atom. The molecule has 1 aliphatic carbocycles. The van der Waals surface area contributed by atoms with Crippen LogP contribution in [0.25, 0.3) is 0 Å². The van der Waals surface area contributed by atoms with Crippen LogP contribution >= 0.6 is 0 Å². The van der Waals surface area contributed by atoms with Crippen LogP contribution in [-0.4, -0.2) is 68.2 Å². The molecule has 21 heavy (non-hydrogen) atoms. The molecule has 0 bridgehead atoms. The zero-order valence-electron chi connectivity index (χ0n) is 13.8. The number of hydrogen-bond acceptors (Lipinski definition) is 5. The standard InChI is InChI=1S/C16H31N3O2/c1-18(2)14-7-11-19(12-8-14)10-6-13-5-4-9-16(13,17)15(20)21-3/h13-14H,4-12,17H2,1-3H3. The maximum atomic E-state index is 11.9. The second-order valence-electron chi connectivity index (χ2n) is 6.95. The predicted octanol–water partition coefficient (Wildman–Crippen LogP) is 1.07. The third kappa shape index (κ3) is 3.76. The lowest BCUT2D eigenvalue weighted by atomic mass is 9.85. The van der Waals surface area contributed by atoms with Gasteiger partial charge < -0.3 is 20.3 Å². The molecule has 2 aliphatic rings. The number of hydrogen-bond donors (Lipinski definition) is 1. The van der Waals surface area contributed by atoms with E-state index in [9.17, 15) is 4.79 Å². The number of carbonyl (C=O) groups excluding carboxylic acids is 1. The lowest BCUT2D eigenvalue weighted by Crippen LogP contribution is -2.52. The fourth-order valence-electron chi connectivity index (χ4n) is 3.96. The molecule has 2 atom stereocenters. The van der Waals surface area contributed by atoms with E-state index >= 15 is 0 Å². The SMILES string of the molecule is COC(=O)C1(N)CCCC1CCN1CCC(N(C)C)CC1. The Balaban J connectivity index is 1.79. The van der Waals surface area contributed by atoms with Gasteiger partial charge in [0, 0.05) is 6.04 Å². The molecule has 0 aromatic heterocycles. The minimum Gasteiger partial charge on any atom is -0.468 e. The summed E-state index contributed by atoms with van der Waals surface area (Å²) in [6.45, 7) is 3.37. The largest absolute Gasteiger partial charge is 0.468 e. The number of ether oxygens (including phenoxy) is 1. The summed E-state index contributed by atoms with van der Waals surface area (Å²) in [5.74, 6) is 0.0489. The van der Waals surface area contributed by atoms with E-state index < -0.39 is 5.54 Å². The van der Waals surface area contributed by atoms with Gasteiger partial charge in [0.05, 0.1) is 7.11 Å². The van der Waals surface area contributed by atoms with Gasteiger partial charge in [-0.25, -0.2) is 0 Å². The summed E-state index contributed by atoms with van der Waals surface area (Å²) < 4.78 is 4.92. The molecule has 0 spiro atoms. The summed E-state index contributed by atoms with van der Waals surface area (Å²) in [6.07, 6.45) is 6.36. The van der Waals surface area contributed by atoms with E-state index in [1.165, 1.54) is 20.0 Å². The molecule has 2 fully saturated rings. The first kappa shape index (κ1) is 16.7. The normalized spacial score (nSPS) is 31.8. The van der Waals surface area contributed by atoms with Crippen LogP contribution in [0.3, 0.4) is 0 Å². The van der Waals surface area contributed by atoms with Crippen molar-refractivity contribution in [1.82, 2.24) is 9.80 Å². The molecule has 0 radical (unpaired) electrons. The Bertz CT molecular complexity index is 353. The van der Waals surface area contributed by atoms with Gasteiger partial charge in [-0.2, -0.15) is 0 Å². The molecular formula is C16H31N3O2. The fourth-order valence-corrected chi connectivity index (χ4v) is 3.96. The summed E-state index contributed by atoms with van der Waals surface area (Å²) in [6, 6.07) is 0.719. The van der Waals surface area contributed by atoms with Gasteiger partial charge in [0.25, 0.3) is 0 Å². The van der Waals surface area contributed by atoms with Crippen LogP contribution in [0.4, 0.5) is 0 Å². The maximum absolute atomic E-state index is 11.9. The Labute approximate surface area is 128 Å². The monoisotopic (exact) mass is 297 g/mol. The molecule has 0 aromatic rings. The topological polar surface area (TPSA) is 58.8 Å². The molecular weight excluding hydrogens is 266 g/mol. The molecule has 1 aliphatic heterocycles. The Kier molecular flexibility index (Phi) is 5.63. The lowest BCUT2D eigenvalue weighted by Gasteiger charge is -2.36. The molecule has 0 aromatic carbocycles. The van der Waals surface area contributed by atoms with Crippen LogP contribution < -0.4 is 5.73 Å². The maximum Gasteiger partial charge on any atom is 0.326 e. The summed E-state index contributed by atoms with van der Waals surface area (Å²) in [5.41, 5.74) is 5.60. The zero-order chi connectivity index (χ0) is 15.5.